The first-order valence-electron chi connectivity index (χ1n) is 10.7. The minimum Gasteiger partial charge on any atom is -0.408 e. The van der Waals surface area contributed by atoms with Crippen LogP contribution in [0.2, 0.25) is 0 Å². The number of nitrogens with one attached hydrogen (secondary N) is 1. The first kappa shape index (κ1) is 22.3. The molecule has 1 N–H and O–H groups in total. The molecule has 0 aliphatic carbocycles. The number of fused-ring (bicyclic) bond motifs is 1. The molecule has 1 fully saturated rings. The maximum atomic E-state index is 13.1. The fraction of sp³-hybridized carbons (Fsp3) is 0.391. The van der Waals surface area contributed by atoms with Crippen LogP contribution in [0.3, 0.4) is 0 Å². The van der Waals surface area contributed by atoms with Crippen molar-refractivity contribution < 1.29 is 17.6 Å². The van der Waals surface area contributed by atoms with E-state index in [1.165, 1.54) is 27.1 Å². The van der Waals surface area contributed by atoms with Crippen LogP contribution < -0.4 is 11.1 Å². The monoisotopic (exact) mass is 457 g/mol. The highest BCUT2D eigenvalue weighted by Gasteiger charge is 2.31. The van der Waals surface area contributed by atoms with Gasteiger partial charge in [0, 0.05) is 25.2 Å². The van der Waals surface area contributed by atoms with Gasteiger partial charge in [-0.3, -0.25) is 9.36 Å². The largest absolute Gasteiger partial charge is 0.420 e. The molecule has 0 radical (unpaired) electrons. The van der Waals surface area contributed by atoms with Gasteiger partial charge >= 0.3 is 5.76 Å². The van der Waals surface area contributed by atoms with Gasteiger partial charge in [-0.2, -0.15) is 4.31 Å². The van der Waals surface area contributed by atoms with Crippen LogP contribution in [0, 0.1) is 6.92 Å². The number of amides is 1. The summed E-state index contributed by atoms with van der Waals surface area (Å²) in [5, 5.41) is 2.79. The van der Waals surface area contributed by atoms with Gasteiger partial charge in [0.2, 0.25) is 15.9 Å². The molecule has 2 aromatic carbocycles. The second kappa shape index (κ2) is 8.91. The third-order valence-electron chi connectivity index (χ3n) is 5.90. The van der Waals surface area contributed by atoms with Crippen molar-refractivity contribution >= 4 is 27.0 Å². The fourth-order valence-corrected chi connectivity index (χ4v) is 5.74. The number of aryl methyl sites for hydroxylation is 1. The Morgan fingerprint density at radius 2 is 1.91 bits per heavy atom. The minimum atomic E-state index is -3.69. The molecular formula is C23H27N3O5S. The van der Waals surface area contributed by atoms with Gasteiger partial charge in [0.1, 0.15) is 6.54 Å². The Hall–Kier alpha value is -2.91. The fourth-order valence-electron chi connectivity index (χ4n) is 4.03. The molecule has 1 aliphatic heterocycles. The first-order chi connectivity index (χ1) is 15.3. The maximum absolute atomic E-state index is 13.1. The zero-order chi connectivity index (χ0) is 22.9. The molecule has 32 heavy (non-hydrogen) atoms. The van der Waals surface area contributed by atoms with E-state index in [4.69, 9.17) is 4.42 Å². The molecule has 4 rings (SSSR count). The highest BCUT2D eigenvalue weighted by atomic mass is 32.2. The summed E-state index contributed by atoms with van der Waals surface area (Å²) < 4.78 is 34.2. The van der Waals surface area contributed by atoms with Crippen molar-refractivity contribution in [3.63, 3.8) is 0 Å². The summed E-state index contributed by atoms with van der Waals surface area (Å²) in [7, 11) is -3.69. The average Bonchev–Trinajstić information content (AvgIpc) is 3.08. The zero-order valence-electron chi connectivity index (χ0n) is 18.2. The summed E-state index contributed by atoms with van der Waals surface area (Å²) in [6.07, 6.45) is 2.66. The molecule has 0 saturated carbocycles. The van der Waals surface area contributed by atoms with Crippen LogP contribution in [-0.4, -0.2) is 35.8 Å². The Morgan fingerprint density at radius 3 is 2.62 bits per heavy atom. The van der Waals surface area contributed by atoms with E-state index in [2.05, 4.69) is 5.32 Å². The number of carbonyl (C=O) groups is 1. The molecule has 170 valence electrons. The number of hydrogen-bond acceptors (Lipinski definition) is 5. The van der Waals surface area contributed by atoms with Crippen LogP contribution >= 0.6 is 0 Å². The Morgan fingerprint density at radius 1 is 1.16 bits per heavy atom. The number of oxazole rings is 1. The second-order valence-electron chi connectivity index (χ2n) is 8.31. The predicted octanol–water partition coefficient (Wildman–Crippen LogP) is 2.78. The van der Waals surface area contributed by atoms with Gasteiger partial charge in [0.15, 0.2) is 5.58 Å². The lowest BCUT2D eigenvalue weighted by Crippen LogP contribution is -2.41. The summed E-state index contributed by atoms with van der Waals surface area (Å²) in [6, 6.07) is 12.1. The van der Waals surface area contributed by atoms with Gasteiger partial charge < -0.3 is 9.73 Å². The lowest BCUT2D eigenvalue weighted by molar-refractivity contribution is -0.121. The molecule has 8 nitrogen and oxygen atoms in total. The standard InChI is InChI=1S/C23H27N3O5S/c1-16-6-8-18(9-7-16)14-24-22(27)15-25-20-11-10-19(13-21(20)31-23(25)28)32(29,30)26-12-4-3-5-17(26)2/h6-11,13,17H,3-5,12,14-15H2,1-2H3,(H,24,27). The quantitative estimate of drug-likeness (QED) is 0.613. The zero-order valence-corrected chi connectivity index (χ0v) is 19.0. The van der Waals surface area contributed by atoms with E-state index < -0.39 is 15.8 Å². The van der Waals surface area contributed by atoms with E-state index in [1.54, 1.807) is 0 Å². The number of carbonyl (C=O) groups excluding carboxylic acids is 1. The number of hydrogen-bond donors (Lipinski definition) is 1. The van der Waals surface area contributed by atoms with Gasteiger partial charge in [-0.1, -0.05) is 36.2 Å². The van der Waals surface area contributed by atoms with Crippen molar-refractivity contribution in [1.82, 2.24) is 14.2 Å². The van der Waals surface area contributed by atoms with Crippen molar-refractivity contribution in [3.05, 3.63) is 64.1 Å². The molecule has 1 atom stereocenters. The van der Waals surface area contributed by atoms with Crippen molar-refractivity contribution in [2.24, 2.45) is 0 Å². The topological polar surface area (TPSA) is 102 Å². The van der Waals surface area contributed by atoms with Crippen molar-refractivity contribution in [2.75, 3.05) is 6.54 Å². The van der Waals surface area contributed by atoms with E-state index >= 15 is 0 Å². The first-order valence-corrected chi connectivity index (χ1v) is 12.2. The Labute approximate surface area is 186 Å². The highest BCUT2D eigenvalue weighted by Crippen LogP contribution is 2.27. The number of sulfonamides is 1. The molecule has 1 unspecified atom stereocenters. The number of aromatic nitrogens is 1. The molecule has 2 heterocycles. The van der Waals surface area contributed by atoms with Crippen LogP contribution in [0.25, 0.3) is 11.1 Å². The number of nitrogens with zero attached hydrogens (tertiary/aromatic N) is 2. The second-order valence-corrected chi connectivity index (χ2v) is 10.2. The van der Waals surface area contributed by atoms with Crippen molar-refractivity contribution in [1.29, 1.82) is 0 Å². The summed E-state index contributed by atoms with van der Waals surface area (Å²) in [5.41, 5.74) is 2.61. The number of piperidine rings is 1. The molecule has 9 heteroatoms. The van der Waals surface area contributed by atoms with Gasteiger partial charge in [-0.05, 0) is 44.4 Å². The molecule has 0 spiro atoms. The van der Waals surface area contributed by atoms with Crippen LogP contribution in [0.15, 0.2) is 56.6 Å². The van der Waals surface area contributed by atoms with Crippen LogP contribution in [0.1, 0.15) is 37.3 Å². The SMILES string of the molecule is Cc1ccc(CNC(=O)Cn2c(=O)oc3cc(S(=O)(=O)N4CCCCC4C)ccc32)cc1. The smallest absolute Gasteiger partial charge is 0.408 e. The van der Waals surface area contributed by atoms with Crippen LogP contribution in [-0.2, 0) is 27.9 Å². The lowest BCUT2D eigenvalue weighted by Gasteiger charge is -2.32. The van der Waals surface area contributed by atoms with E-state index in [0.29, 0.717) is 18.6 Å². The number of benzene rings is 2. The van der Waals surface area contributed by atoms with Gasteiger partial charge in [-0.25, -0.2) is 13.2 Å². The maximum Gasteiger partial charge on any atom is 0.420 e. The van der Waals surface area contributed by atoms with Gasteiger partial charge in [0.05, 0.1) is 10.4 Å². The normalized spacial score (nSPS) is 17.5. The van der Waals surface area contributed by atoms with E-state index in [9.17, 15) is 18.0 Å². The number of rotatable bonds is 6. The van der Waals surface area contributed by atoms with E-state index in [0.717, 1.165) is 30.4 Å². The lowest BCUT2D eigenvalue weighted by atomic mass is 10.1. The Bertz CT molecular complexity index is 1290. The molecule has 1 amide bonds. The summed E-state index contributed by atoms with van der Waals surface area (Å²) in [4.78, 5) is 24.8. The third-order valence-corrected chi connectivity index (χ3v) is 7.91. The van der Waals surface area contributed by atoms with Crippen LogP contribution in [0.4, 0.5) is 0 Å². The van der Waals surface area contributed by atoms with Crippen molar-refractivity contribution in [3.8, 4) is 0 Å². The van der Waals surface area contributed by atoms with Gasteiger partial charge in [-0.15, -0.1) is 0 Å². The summed E-state index contributed by atoms with van der Waals surface area (Å²) in [5.74, 6) is -1.04. The van der Waals surface area contributed by atoms with E-state index in [1.807, 2.05) is 38.1 Å². The third kappa shape index (κ3) is 4.49. The summed E-state index contributed by atoms with van der Waals surface area (Å²) in [6.45, 7) is 4.50. The van der Waals surface area contributed by atoms with Crippen LogP contribution in [0.5, 0.6) is 0 Å². The average molecular weight is 458 g/mol. The molecule has 0 bridgehead atoms. The summed E-state index contributed by atoms with van der Waals surface area (Å²) >= 11 is 0. The Kier molecular flexibility index (Phi) is 6.21. The van der Waals surface area contributed by atoms with Crippen molar-refractivity contribution in [2.45, 2.75) is 57.1 Å². The van der Waals surface area contributed by atoms with E-state index in [-0.39, 0.29) is 29.0 Å². The molecule has 1 aromatic heterocycles. The minimum absolute atomic E-state index is 0.0710. The molecule has 1 saturated heterocycles. The molecule has 1 aliphatic rings. The molecule has 3 aromatic rings. The van der Waals surface area contributed by atoms with Gasteiger partial charge in [0.25, 0.3) is 0 Å². The highest BCUT2D eigenvalue weighted by molar-refractivity contribution is 7.89. The Balaban J connectivity index is 1.52. The molecular weight excluding hydrogens is 430 g/mol. The predicted molar refractivity (Wildman–Crippen MR) is 121 cm³/mol.